The third kappa shape index (κ3) is 2.81. The van der Waals surface area contributed by atoms with Gasteiger partial charge in [0, 0.05) is 6.07 Å². The minimum Gasteiger partial charge on any atom is -0.380 e. The standard InChI is InChI=1S/C12H13F2NO2S/c13-8-1-2-10(9(14)7-8)15-11(16)12(17)3-5-18-6-4-12/h1-2,7,17H,3-6H2,(H,15,16). The number of nitrogens with one attached hydrogen (secondary N) is 1. The quantitative estimate of drug-likeness (QED) is 0.868. The van der Waals surface area contributed by atoms with E-state index < -0.39 is 23.1 Å². The summed E-state index contributed by atoms with van der Waals surface area (Å²) < 4.78 is 26.1. The number of halogens is 2. The van der Waals surface area contributed by atoms with E-state index in [-0.39, 0.29) is 5.69 Å². The Labute approximate surface area is 108 Å². The van der Waals surface area contributed by atoms with E-state index in [4.69, 9.17) is 0 Å². The van der Waals surface area contributed by atoms with Gasteiger partial charge in [0.1, 0.15) is 17.2 Å². The number of amides is 1. The van der Waals surface area contributed by atoms with E-state index in [0.717, 1.165) is 12.1 Å². The predicted octanol–water partition coefficient (Wildman–Crippen LogP) is 2.16. The summed E-state index contributed by atoms with van der Waals surface area (Å²) in [5.74, 6) is -0.810. The number of anilines is 1. The van der Waals surface area contributed by atoms with Crippen LogP contribution in [-0.2, 0) is 4.79 Å². The van der Waals surface area contributed by atoms with Crippen molar-refractivity contribution in [2.75, 3.05) is 16.8 Å². The fourth-order valence-corrected chi connectivity index (χ4v) is 2.93. The molecule has 2 rings (SSSR count). The Morgan fingerprint density at radius 3 is 2.61 bits per heavy atom. The minimum atomic E-state index is -1.45. The molecule has 0 aliphatic carbocycles. The van der Waals surface area contributed by atoms with E-state index in [9.17, 15) is 18.7 Å². The number of carbonyl (C=O) groups is 1. The summed E-state index contributed by atoms with van der Waals surface area (Å²) in [6.07, 6.45) is 0.679. The highest BCUT2D eigenvalue weighted by molar-refractivity contribution is 7.99. The van der Waals surface area contributed by atoms with Crippen molar-refractivity contribution >= 4 is 23.4 Å². The summed E-state index contributed by atoms with van der Waals surface area (Å²) in [5, 5.41) is 12.4. The molecule has 3 nitrogen and oxygen atoms in total. The van der Waals surface area contributed by atoms with Crippen LogP contribution in [0.15, 0.2) is 18.2 Å². The minimum absolute atomic E-state index is 0.118. The molecule has 2 N–H and O–H groups in total. The van der Waals surface area contributed by atoms with Crippen molar-refractivity contribution in [2.24, 2.45) is 0 Å². The highest BCUT2D eigenvalue weighted by Gasteiger charge is 2.37. The molecule has 0 bridgehead atoms. The number of thioether (sulfide) groups is 1. The number of rotatable bonds is 2. The van der Waals surface area contributed by atoms with Crippen LogP contribution in [0.5, 0.6) is 0 Å². The van der Waals surface area contributed by atoms with Crippen LogP contribution in [0, 0.1) is 11.6 Å². The molecule has 0 aromatic heterocycles. The molecule has 6 heteroatoms. The SMILES string of the molecule is O=C(Nc1ccc(F)cc1F)C1(O)CCSCC1. The lowest BCUT2D eigenvalue weighted by molar-refractivity contribution is -0.134. The third-order valence-corrected chi connectivity index (χ3v) is 3.91. The van der Waals surface area contributed by atoms with E-state index in [2.05, 4.69) is 5.32 Å². The Morgan fingerprint density at radius 1 is 1.33 bits per heavy atom. The molecule has 1 aliphatic heterocycles. The summed E-state index contributed by atoms with van der Waals surface area (Å²) in [6.45, 7) is 0. The van der Waals surface area contributed by atoms with Gasteiger partial charge in [-0.05, 0) is 36.5 Å². The molecule has 0 saturated carbocycles. The number of aliphatic hydroxyl groups is 1. The van der Waals surface area contributed by atoms with Gasteiger partial charge in [0.2, 0.25) is 0 Å². The maximum absolute atomic E-state index is 13.4. The predicted molar refractivity (Wildman–Crippen MR) is 66.5 cm³/mol. The van der Waals surface area contributed by atoms with Gasteiger partial charge in [-0.3, -0.25) is 4.79 Å². The Balaban J connectivity index is 2.11. The number of hydrogen-bond acceptors (Lipinski definition) is 3. The second kappa shape index (κ2) is 5.24. The van der Waals surface area contributed by atoms with Crippen LogP contribution in [0.25, 0.3) is 0 Å². The Hall–Kier alpha value is -1.14. The van der Waals surface area contributed by atoms with Crippen molar-refractivity contribution in [3.05, 3.63) is 29.8 Å². The van der Waals surface area contributed by atoms with Crippen LogP contribution in [-0.4, -0.2) is 28.1 Å². The average molecular weight is 273 g/mol. The van der Waals surface area contributed by atoms with E-state index in [0.29, 0.717) is 30.4 Å². The first-order chi connectivity index (χ1) is 8.51. The second-order valence-corrected chi connectivity index (χ2v) is 5.45. The molecule has 1 fully saturated rings. The molecule has 1 heterocycles. The molecule has 1 aromatic rings. The van der Waals surface area contributed by atoms with Crippen LogP contribution in [0.4, 0.5) is 14.5 Å². The van der Waals surface area contributed by atoms with Crippen LogP contribution in [0.1, 0.15) is 12.8 Å². The van der Waals surface area contributed by atoms with Gasteiger partial charge in [0.25, 0.3) is 5.91 Å². The maximum Gasteiger partial charge on any atom is 0.256 e. The van der Waals surface area contributed by atoms with Crippen LogP contribution in [0.2, 0.25) is 0 Å². The zero-order valence-corrected chi connectivity index (χ0v) is 10.4. The first kappa shape index (κ1) is 13.3. The largest absolute Gasteiger partial charge is 0.380 e. The van der Waals surface area contributed by atoms with Crippen molar-refractivity contribution in [2.45, 2.75) is 18.4 Å². The van der Waals surface area contributed by atoms with Crippen molar-refractivity contribution in [3.8, 4) is 0 Å². The molecule has 1 amide bonds. The highest BCUT2D eigenvalue weighted by atomic mass is 32.2. The summed E-state index contributed by atoms with van der Waals surface area (Å²) >= 11 is 1.66. The molecule has 0 spiro atoms. The van der Waals surface area contributed by atoms with E-state index in [1.165, 1.54) is 0 Å². The maximum atomic E-state index is 13.4. The summed E-state index contributed by atoms with van der Waals surface area (Å²) in [7, 11) is 0. The summed E-state index contributed by atoms with van der Waals surface area (Å²) in [5.41, 5.74) is -1.57. The van der Waals surface area contributed by atoms with Gasteiger partial charge in [-0.2, -0.15) is 11.8 Å². The first-order valence-electron chi connectivity index (χ1n) is 5.58. The van der Waals surface area contributed by atoms with E-state index in [1.54, 1.807) is 11.8 Å². The molecular weight excluding hydrogens is 260 g/mol. The number of carbonyl (C=O) groups excluding carboxylic acids is 1. The Bertz CT molecular complexity index is 461. The molecule has 1 saturated heterocycles. The summed E-state index contributed by atoms with van der Waals surface area (Å²) in [4.78, 5) is 11.9. The molecule has 1 aromatic carbocycles. The van der Waals surface area contributed by atoms with Gasteiger partial charge >= 0.3 is 0 Å². The Kier molecular flexibility index (Phi) is 3.87. The van der Waals surface area contributed by atoms with Crippen molar-refractivity contribution in [1.82, 2.24) is 0 Å². The van der Waals surface area contributed by atoms with Crippen molar-refractivity contribution in [1.29, 1.82) is 0 Å². The van der Waals surface area contributed by atoms with Crippen molar-refractivity contribution in [3.63, 3.8) is 0 Å². The molecule has 18 heavy (non-hydrogen) atoms. The fourth-order valence-electron chi connectivity index (χ4n) is 1.77. The topological polar surface area (TPSA) is 49.3 Å². The third-order valence-electron chi connectivity index (χ3n) is 2.92. The summed E-state index contributed by atoms with van der Waals surface area (Å²) in [6, 6.07) is 2.89. The van der Waals surface area contributed by atoms with Gasteiger partial charge in [0.05, 0.1) is 5.69 Å². The molecular formula is C12H13F2NO2S. The molecule has 98 valence electrons. The van der Waals surface area contributed by atoms with Crippen LogP contribution < -0.4 is 5.32 Å². The van der Waals surface area contributed by atoms with Gasteiger partial charge in [-0.1, -0.05) is 0 Å². The molecule has 0 unspecified atom stereocenters. The van der Waals surface area contributed by atoms with Gasteiger partial charge in [-0.25, -0.2) is 8.78 Å². The van der Waals surface area contributed by atoms with Gasteiger partial charge in [0.15, 0.2) is 0 Å². The molecule has 1 aliphatic rings. The van der Waals surface area contributed by atoms with Gasteiger partial charge < -0.3 is 10.4 Å². The zero-order valence-electron chi connectivity index (χ0n) is 9.58. The lowest BCUT2D eigenvalue weighted by Crippen LogP contribution is -2.45. The second-order valence-electron chi connectivity index (χ2n) is 4.22. The van der Waals surface area contributed by atoms with Crippen molar-refractivity contribution < 1.29 is 18.7 Å². The Morgan fingerprint density at radius 2 is 2.00 bits per heavy atom. The monoisotopic (exact) mass is 273 g/mol. The number of benzene rings is 1. The van der Waals surface area contributed by atoms with Crippen LogP contribution >= 0.6 is 11.8 Å². The van der Waals surface area contributed by atoms with Crippen LogP contribution in [0.3, 0.4) is 0 Å². The molecule has 0 atom stereocenters. The highest BCUT2D eigenvalue weighted by Crippen LogP contribution is 2.28. The first-order valence-corrected chi connectivity index (χ1v) is 6.73. The normalized spacial score (nSPS) is 18.4. The number of hydrogen-bond donors (Lipinski definition) is 2. The molecule has 0 radical (unpaired) electrons. The fraction of sp³-hybridized carbons (Fsp3) is 0.417. The average Bonchev–Trinajstić information content (AvgIpc) is 2.33. The lowest BCUT2D eigenvalue weighted by atomic mass is 9.95. The zero-order chi connectivity index (χ0) is 13.2. The van der Waals surface area contributed by atoms with E-state index >= 15 is 0 Å². The lowest BCUT2D eigenvalue weighted by Gasteiger charge is -2.30. The van der Waals surface area contributed by atoms with E-state index in [1.807, 2.05) is 0 Å². The smallest absolute Gasteiger partial charge is 0.256 e. The van der Waals surface area contributed by atoms with Gasteiger partial charge in [-0.15, -0.1) is 0 Å².